The van der Waals surface area contributed by atoms with Crippen LogP contribution in [0.4, 0.5) is 5.95 Å². The summed E-state index contributed by atoms with van der Waals surface area (Å²) in [6, 6.07) is 4.08. The van der Waals surface area contributed by atoms with Crippen molar-refractivity contribution < 1.29 is 0 Å². The molecule has 4 nitrogen and oxygen atoms in total. The Morgan fingerprint density at radius 2 is 2.17 bits per heavy atom. The molecule has 0 radical (unpaired) electrons. The summed E-state index contributed by atoms with van der Waals surface area (Å²) in [4.78, 5) is 8.47. The quantitative estimate of drug-likeness (QED) is 0.791. The van der Waals surface area contributed by atoms with Crippen molar-refractivity contribution in [2.24, 2.45) is 0 Å². The van der Waals surface area contributed by atoms with Crippen molar-refractivity contribution in [1.82, 2.24) is 14.5 Å². The Kier molecular flexibility index (Phi) is 4.12. The third-order valence-corrected chi connectivity index (χ3v) is 2.69. The fourth-order valence-corrected chi connectivity index (χ4v) is 1.82. The van der Waals surface area contributed by atoms with Crippen LogP contribution in [0, 0.1) is 6.92 Å². The van der Waals surface area contributed by atoms with Gasteiger partial charge in [-0.2, -0.15) is 0 Å². The molecule has 0 saturated carbocycles. The Labute approximate surface area is 107 Å². The van der Waals surface area contributed by atoms with Gasteiger partial charge >= 0.3 is 0 Å². The summed E-state index contributed by atoms with van der Waals surface area (Å²) in [6.45, 7) is 7.34. The predicted octanol–water partition coefficient (Wildman–Crippen LogP) is 2.43. The van der Waals surface area contributed by atoms with Gasteiger partial charge in [-0.05, 0) is 31.0 Å². The first-order valence-corrected chi connectivity index (χ1v) is 6.07. The minimum atomic E-state index is 0.728. The van der Waals surface area contributed by atoms with Crippen molar-refractivity contribution in [3.63, 3.8) is 0 Å². The lowest BCUT2D eigenvalue weighted by molar-refractivity contribution is 0.700. The highest BCUT2D eigenvalue weighted by Gasteiger charge is 2.04. The van der Waals surface area contributed by atoms with Crippen LogP contribution >= 0.6 is 0 Å². The van der Waals surface area contributed by atoms with Gasteiger partial charge in [-0.25, -0.2) is 4.98 Å². The molecule has 0 aliphatic carbocycles. The molecule has 0 unspecified atom stereocenters. The number of nitrogens with one attached hydrogen (secondary N) is 1. The van der Waals surface area contributed by atoms with Gasteiger partial charge in [-0.1, -0.05) is 6.08 Å². The van der Waals surface area contributed by atoms with Gasteiger partial charge in [0.25, 0.3) is 0 Å². The lowest BCUT2D eigenvalue weighted by atomic mass is 10.2. The molecular weight excluding hydrogens is 224 g/mol. The molecule has 0 fully saturated rings. The fourth-order valence-electron chi connectivity index (χ4n) is 1.82. The van der Waals surface area contributed by atoms with Gasteiger partial charge in [-0.3, -0.25) is 4.98 Å². The zero-order valence-corrected chi connectivity index (χ0v) is 10.6. The van der Waals surface area contributed by atoms with E-state index >= 15 is 0 Å². The highest BCUT2D eigenvalue weighted by molar-refractivity contribution is 5.29. The van der Waals surface area contributed by atoms with Gasteiger partial charge in [0.05, 0.1) is 5.69 Å². The normalized spacial score (nSPS) is 10.3. The average Bonchev–Trinajstić information content (AvgIpc) is 2.75. The zero-order chi connectivity index (χ0) is 12.8. The molecule has 0 amide bonds. The molecule has 0 bridgehead atoms. The van der Waals surface area contributed by atoms with Crippen molar-refractivity contribution in [2.45, 2.75) is 19.9 Å². The first-order chi connectivity index (χ1) is 8.79. The predicted molar refractivity (Wildman–Crippen MR) is 73.6 cm³/mol. The van der Waals surface area contributed by atoms with Crippen molar-refractivity contribution >= 4 is 5.95 Å². The molecule has 1 N–H and O–H groups in total. The van der Waals surface area contributed by atoms with Crippen molar-refractivity contribution in [1.29, 1.82) is 0 Å². The van der Waals surface area contributed by atoms with E-state index in [1.165, 1.54) is 5.56 Å². The van der Waals surface area contributed by atoms with Gasteiger partial charge < -0.3 is 9.88 Å². The van der Waals surface area contributed by atoms with Crippen LogP contribution < -0.4 is 5.32 Å². The van der Waals surface area contributed by atoms with Gasteiger partial charge in [-0.15, -0.1) is 6.58 Å². The summed E-state index contributed by atoms with van der Waals surface area (Å²) in [5.74, 6) is 0.904. The van der Waals surface area contributed by atoms with Gasteiger partial charge in [0.1, 0.15) is 0 Å². The van der Waals surface area contributed by atoms with Crippen molar-refractivity contribution in [2.75, 3.05) is 11.9 Å². The van der Waals surface area contributed by atoms with Crippen LogP contribution in [-0.2, 0) is 13.0 Å². The number of pyridine rings is 1. The number of anilines is 1. The Hall–Kier alpha value is -2.10. The van der Waals surface area contributed by atoms with Crippen molar-refractivity contribution in [3.05, 3.63) is 54.6 Å². The van der Waals surface area contributed by atoms with Crippen LogP contribution in [-0.4, -0.2) is 21.1 Å². The second-order valence-corrected chi connectivity index (χ2v) is 4.17. The Bertz CT molecular complexity index is 502. The third-order valence-electron chi connectivity index (χ3n) is 2.69. The summed E-state index contributed by atoms with van der Waals surface area (Å²) in [5, 5.41) is 3.24. The summed E-state index contributed by atoms with van der Waals surface area (Å²) in [6.07, 6.45) is 8.52. The Morgan fingerprint density at radius 3 is 2.89 bits per heavy atom. The molecule has 4 heteroatoms. The molecule has 2 aromatic heterocycles. The molecule has 0 aliphatic heterocycles. The monoisotopic (exact) mass is 242 g/mol. The van der Waals surface area contributed by atoms with Crippen LogP contribution in [0.15, 0.2) is 43.4 Å². The van der Waals surface area contributed by atoms with E-state index in [0.717, 1.165) is 31.2 Å². The minimum absolute atomic E-state index is 0.728. The van der Waals surface area contributed by atoms with E-state index in [9.17, 15) is 0 Å². The van der Waals surface area contributed by atoms with Gasteiger partial charge in [0.15, 0.2) is 0 Å². The Balaban J connectivity index is 2.02. The molecule has 2 aromatic rings. The maximum absolute atomic E-state index is 4.45. The lowest BCUT2D eigenvalue weighted by Crippen LogP contribution is -2.08. The van der Waals surface area contributed by atoms with Crippen LogP contribution in [0.3, 0.4) is 0 Å². The third kappa shape index (κ3) is 3.20. The largest absolute Gasteiger partial charge is 0.352 e. The van der Waals surface area contributed by atoms with E-state index in [-0.39, 0.29) is 0 Å². The van der Waals surface area contributed by atoms with Crippen LogP contribution in [0.2, 0.25) is 0 Å². The van der Waals surface area contributed by atoms with E-state index in [1.807, 2.05) is 37.5 Å². The molecule has 18 heavy (non-hydrogen) atoms. The first kappa shape index (κ1) is 12.4. The van der Waals surface area contributed by atoms with Crippen LogP contribution in [0.5, 0.6) is 0 Å². The van der Waals surface area contributed by atoms with Crippen molar-refractivity contribution in [3.8, 4) is 0 Å². The second-order valence-electron chi connectivity index (χ2n) is 4.17. The maximum atomic E-state index is 4.45. The van der Waals surface area contributed by atoms with E-state index in [4.69, 9.17) is 0 Å². The molecule has 2 heterocycles. The van der Waals surface area contributed by atoms with E-state index in [2.05, 4.69) is 32.6 Å². The second kappa shape index (κ2) is 6.00. The molecule has 2 rings (SSSR count). The number of hydrogen-bond acceptors (Lipinski definition) is 3. The standard InChI is InChI=1S/C14H18N4/c1-3-7-16-14-17-12(2)11-18(14)10-6-13-4-8-15-9-5-13/h3-5,8-9,11H,1,6-7,10H2,2H3,(H,16,17). The smallest absolute Gasteiger partial charge is 0.203 e. The first-order valence-electron chi connectivity index (χ1n) is 6.07. The molecule has 0 spiro atoms. The van der Waals surface area contributed by atoms with Crippen LogP contribution in [0.25, 0.3) is 0 Å². The molecule has 0 aliphatic rings. The highest BCUT2D eigenvalue weighted by atomic mass is 15.2. The Morgan fingerprint density at radius 1 is 1.39 bits per heavy atom. The molecule has 0 aromatic carbocycles. The number of imidazole rings is 1. The maximum Gasteiger partial charge on any atom is 0.203 e. The van der Waals surface area contributed by atoms with E-state index < -0.39 is 0 Å². The highest BCUT2D eigenvalue weighted by Crippen LogP contribution is 2.10. The summed E-state index contributed by atoms with van der Waals surface area (Å²) < 4.78 is 2.14. The number of rotatable bonds is 6. The number of aromatic nitrogens is 3. The summed E-state index contributed by atoms with van der Waals surface area (Å²) in [5.41, 5.74) is 2.31. The number of nitrogens with zero attached hydrogens (tertiary/aromatic N) is 3. The van der Waals surface area contributed by atoms with Gasteiger partial charge in [0.2, 0.25) is 5.95 Å². The lowest BCUT2D eigenvalue weighted by Gasteiger charge is -2.08. The molecular formula is C14H18N4. The van der Waals surface area contributed by atoms with Gasteiger partial charge in [0, 0.05) is 31.7 Å². The SMILES string of the molecule is C=CCNc1nc(C)cn1CCc1ccncc1. The summed E-state index contributed by atoms with van der Waals surface area (Å²) >= 11 is 0. The average molecular weight is 242 g/mol. The zero-order valence-electron chi connectivity index (χ0n) is 10.6. The molecule has 0 saturated heterocycles. The van der Waals surface area contributed by atoms with E-state index in [1.54, 1.807) is 0 Å². The topological polar surface area (TPSA) is 42.7 Å². The molecule has 0 atom stereocenters. The van der Waals surface area contributed by atoms with E-state index in [0.29, 0.717) is 0 Å². The summed E-state index contributed by atoms with van der Waals surface area (Å²) in [7, 11) is 0. The minimum Gasteiger partial charge on any atom is -0.352 e. The number of aryl methyl sites for hydroxylation is 3. The van der Waals surface area contributed by atoms with Crippen LogP contribution in [0.1, 0.15) is 11.3 Å². The molecule has 94 valence electrons. The fraction of sp³-hybridized carbons (Fsp3) is 0.286. The number of hydrogen-bond donors (Lipinski definition) is 1.